The topological polar surface area (TPSA) is 88.4 Å². The number of likely N-dealkylation sites (N-methyl/N-ethyl adjacent to an activating group) is 1. The van der Waals surface area contributed by atoms with E-state index in [-0.39, 0.29) is 22.4 Å². The largest absolute Gasteiger partial charge is 0.503 e. The fraction of sp³-hybridized carbons (Fsp3) is 0.190. The van der Waals surface area contributed by atoms with Crippen molar-refractivity contribution in [2.75, 3.05) is 20.8 Å². The van der Waals surface area contributed by atoms with E-state index in [9.17, 15) is 14.7 Å². The molecule has 2 aromatic rings. The van der Waals surface area contributed by atoms with Crippen LogP contribution in [0.4, 0.5) is 5.69 Å². The van der Waals surface area contributed by atoms with E-state index in [1.807, 2.05) is 0 Å². The second-order valence-electron chi connectivity index (χ2n) is 6.19. The highest BCUT2D eigenvalue weighted by Gasteiger charge is 2.30. The van der Waals surface area contributed by atoms with Crippen molar-refractivity contribution in [3.63, 3.8) is 0 Å². The molecule has 0 saturated carbocycles. The van der Waals surface area contributed by atoms with Gasteiger partial charge in [-0.2, -0.15) is 0 Å². The van der Waals surface area contributed by atoms with Crippen molar-refractivity contribution in [1.29, 1.82) is 0 Å². The second kappa shape index (κ2) is 9.23. The lowest BCUT2D eigenvalue weighted by Gasteiger charge is -2.07. The van der Waals surface area contributed by atoms with E-state index in [0.717, 1.165) is 0 Å². The van der Waals surface area contributed by atoms with Gasteiger partial charge in [0, 0.05) is 7.05 Å². The first-order valence-electron chi connectivity index (χ1n) is 8.94. The van der Waals surface area contributed by atoms with Crippen LogP contribution in [0.25, 0.3) is 6.08 Å². The minimum Gasteiger partial charge on any atom is -0.503 e. The molecular weight excluding hydrogens is 428 g/mol. The highest BCUT2D eigenvalue weighted by Crippen LogP contribution is 2.38. The van der Waals surface area contributed by atoms with E-state index in [4.69, 9.17) is 21.1 Å². The number of thioether (sulfide) groups is 1. The summed E-state index contributed by atoms with van der Waals surface area (Å²) in [6.07, 6.45) is 1.66. The summed E-state index contributed by atoms with van der Waals surface area (Å²) in [7, 11) is 3.05. The first kappa shape index (κ1) is 21.7. The third-order valence-corrected chi connectivity index (χ3v) is 5.52. The summed E-state index contributed by atoms with van der Waals surface area (Å²) in [5, 5.41) is 10.5. The maximum absolute atomic E-state index is 12.6. The normalized spacial score (nSPS) is 16.4. The maximum Gasteiger partial charge on any atom is 0.338 e. The number of benzene rings is 2. The number of aromatic hydroxyl groups is 1. The molecule has 3 rings (SSSR count). The number of phenols is 1. The third-order valence-electron chi connectivity index (χ3n) is 4.18. The van der Waals surface area contributed by atoms with E-state index in [2.05, 4.69) is 4.99 Å². The van der Waals surface area contributed by atoms with Crippen LogP contribution in [0.1, 0.15) is 22.8 Å². The number of hydrogen-bond donors (Lipinski definition) is 1. The molecule has 1 N–H and O–H groups in total. The van der Waals surface area contributed by atoms with Crippen molar-refractivity contribution in [3.05, 3.63) is 57.5 Å². The Labute approximate surface area is 183 Å². The summed E-state index contributed by atoms with van der Waals surface area (Å²) in [6.45, 7) is 2.05. The average Bonchev–Trinajstić information content (AvgIpc) is 2.99. The molecule has 7 nitrogen and oxygen atoms in total. The lowest BCUT2D eigenvalue weighted by molar-refractivity contribution is -0.121. The number of nitrogens with zero attached hydrogens (tertiary/aromatic N) is 2. The Balaban J connectivity index is 1.85. The Bertz CT molecular complexity index is 1050. The van der Waals surface area contributed by atoms with Crippen molar-refractivity contribution < 1.29 is 24.2 Å². The first-order chi connectivity index (χ1) is 14.3. The molecule has 2 aromatic carbocycles. The Kier molecular flexibility index (Phi) is 6.69. The van der Waals surface area contributed by atoms with Crippen LogP contribution < -0.4 is 4.74 Å². The first-order valence-corrected chi connectivity index (χ1v) is 10.1. The average molecular weight is 447 g/mol. The van der Waals surface area contributed by atoms with E-state index >= 15 is 0 Å². The molecular formula is C21H19ClN2O5S. The van der Waals surface area contributed by atoms with Crippen LogP contribution >= 0.6 is 23.4 Å². The zero-order chi connectivity index (χ0) is 21.8. The highest BCUT2D eigenvalue weighted by atomic mass is 35.5. The summed E-state index contributed by atoms with van der Waals surface area (Å²) in [5.74, 6) is -0.552. The molecule has 1 saturated heterocycles. The predicted octanol–water partition coefficient (Wildman–Crippen LogP) is 4.46. The standard InChI is InChI=1S/C21H19ClN2O5S/c1-4-29-20(27)13-5-7-14(8-6-13)23-21-24(2)19(26)17(30-21)11-12-9-15(22)18(25)16(10-12)28-3/h5-11,25H,4H2,1-3H3/b17-11+,23-21?. The zero-order valence-electron chi connectivity index (χ0n) is 16.5. The molecule has 0 aliphatic carbocycles. The minimum atomic E-state index is -0.396. The molecule has 1 aliphatic rings. The SMILES string of the molecule is CCOC(=O)c1ccc(N=C2S/C(=C/c3cc(Cl)c(O)c(OC)c3)C(=O)N2C)cc1. The summed E-state index contributed by atoms with van der Waals surface area (Å²) < 4.78 is 10.1. The van der Waals surface area contributed by atoms with Crippen LogP contribution in [0.5, 0.6) is 11.5 Å². The van der Waals surface area contributed by atoms with Gasteiger partial charge in [-0.25, -0.2) is 9.79 Å². The molecule has 0 aromatic heterocycles. The number of hydrogen-bond acceptors (Lipinski definition) is 7. The van der Waals surface area contributed by atoms with Crippen LogP contribution in [0.15, 0.2) is 46.3 Å². The minimum absolute atomic E-state index is 0.126. The second-order valence-corrected chi connectivity index (χ2v) is 7.61. The van der Waals surface area contributed by atoms with Gasteiger partial charge in [0.2, 0.25) is 0 Å². The van der Waals surface area contributed by atoms with Crippen molar-refractivity contribution in [1.82, 2.24) is 4.90 Å². The number of ether oxygens (including phenoxy) is 2. The van der Waals surface area contributed by atoms with E-state index < -0.39 is 5.97 Å². The molecule has 1 heterocycles. The number of amides is 1. The lowest BCUT2D eigenvalue weighted by Crippen LogP contribution is -2.23. The number of carbonyl (C=O) groups excluding carboxylic acids is 2. The van der Waals surface area contributed by atoms with E-state index in [1.165, 1.54) is 23.8 Å². The molecule has 156 valence electrons. The van der Waals surface area contributed by atoms with E-state index in [0.29, 0.717) is 33.5 Å². The van der Waals surface area contributed by atoms with Crippen LogP contribution in [0.3, 0.4) is 0 Å². The molecule has 1 aliphatic heterocycles. The molecule has 0 spiro atoms. The third kappa shape index (κ3) is 4.60. The molecule has 0 bridgehead atoms. The number of carbonyl (C=O) groups is 2. The van der Waals surface area contributed by atoms with Gasteiger partial charge >= 0.3 is 5.97 Å². The molecule has 0 unspecified atom stereocenters. The summed E-state index contributed by atoms with van der Waals surface area (Å²) >= 11 is 7.23. The quantitative estimate of drug-likeness (QED) is 0.538. The van der Waals surface area contributed by atoms with Crippen LogP contribution in [-0.2, 0) is 9.53 Å². The van der Waals surface area contributed by atoms with Gasteiger partial charge in [0.25, 0.3) is 5.91 Å². The van der Waals surface area contributed by atoms with Gasteiger partial charge in [-0.3, -0.25) is 9.69 Å². The number of esters is 1. The van der Waals surface area contributed by atoms with Gasteiger partial charge in [-0.05, 0) is 66.7 Å². The van der Waals surface area contributed by atoms with Gasteiger partial charge < -0.3 is 14.6 Å². The zero-order valence-corrected chi connectivity index (χ0v) is 18.1. The predicted molar refractivity (Wildman–Crippen MR) is 118 cm³/mol. The molecule has 0 atom stereocenters. The smallest absolute Gasteiger partial charge is 0.338 e. The van der Waals surface area contributed by atoms with Gasteiger partial charge in [0.05, 0.1) is 34.9 Å². The van der Waals surface area contributed by atoms with Crippen molar-refractivity contribution in [2.45, 2.75) is 6.92 Å². The van der Waals surface area contributed by atoms with Crippen molar-refractivity contribution in [2.24, 2.45) is 4.99 Å². The van der Waals surface area contributed by atoms with E-state index in [1.54, 1.807) is 56.4 Å². The Morgan fingerprint density at radius 2 is 2.00 bits per heavy atom. The number of phenolic OH excluding ortho intramolecular Hbond substituents is 1. The Hall–Kier alpha value is -2.97. The molecule has 30 heavy (non-hydrogen) atoms. The van der Waals surface area contributed by atoms with Crippen LogP contribution in [-0.4, -0.2) is 47.8 Å². The van der Waals surface area contributed by atoms with Crippen LogP contribution in [0.2, 0.25) is 5.02 Å². The summed E-state index contributed by atoms with van der Waals surface area (Å²) in [5.41, 5.74) is 1.64. The Morgan fingerprint density at radius 3 is 2.63 bits per heavy atom. The number of aliphatic imine (C=N–C) groups is 1. The number of methoxy groups -OCH3 is 1. The fourth-order valence-corrected chi connectivity index (χ4v) is 3.84. The lowest BCUT2D eigenvalue weighted by atomic mass is 10.2. The number of halogens is 1. The molecule has 1 fully saturated rings. The van der Waals surface area contributed by atoms with Crippen molar-refractivity contribution in [3.8, 4) is 11.5 Å². The van der Waals surface area contributed by atoms with Crippen LogP contribution in [0, 0.1) is 0 Å². The number of rotatable bonds is 5. The molecule has 1 amide bonds. The van der Waals surface area contributed by atoms with Crippen molar-refractivity contribution >= 4 is 52.2 Å². The summed E-state index contributed by atoms with van der Waals surface area (Å²) in [6, 6.07) is 9.75. The highest BCUT2D eigenvalue weighted by molar-refractivity contribution is 8.18. The fourth-order valence-electron chi connectivity index (χ4n) is 2.63. The van der Waals surface area contributed by atoms with Gasteiger partial charge in [0.1, 0.15) is 0 Å². The Morgan fingerprint density at radius 1 is 1.30 bits per heavy atom. The van der Waals surface area contributed by atoms with Gasteiger partial charge in [0.15, 0.2) is 16.7 Å². The van der Waals surface area contributed by atoms with Gasteiger partial charge in [-0.15, -0.1) is 0 Å². The number of amidine groups is 1. The molecule has 0 radical (unpaired) electrons. The molecule has 9 heteroatoms. The summed E-state index contributed by atoms with van der Waals surface area (Å²) in [4.78, 5) is 30.7. The van der Waals surface area contributed by atoms with Gasteiger partial charge in [-0.1, -0.05) is 11.6 Å². The maximum atomic E-state index is 12.6. The monoisotopic (exact) mass is 446 g/mol.